The van der Waals surface area contributed by atoms with Crippen LogP contribution in [0.15, 0.2) is 12.3 Å². The molecule has 12 heavy (non-hydrogen) atoms. The molecule has 0 spiro atoms. The lowest BCUT2D eigenvalue weighted by Crippen LogP contribution is -2.10. The van der Waals surface area contributed by atoms with Gasteiger partial charge < -0.3 is 5.73 Å². The molecule has 1 atom stereocenters. The molecule has 0 aromatic carbocycles. The molecule has 3 nitrogen and oxygen atoms in total. The number of alkyl halides is 2. The Balaban J connectivity index is 2.77. The van der Waals surface area contributed by atoms with E-state index in [1.165, 1.54) is 12.3 Å². The molecule has 0 aliphatic carbocycles. The number of rotatable bonds is 3. The maximum absolute atomic E-state index is 12.0. The third-order valence-electron chi connectivity index (χ3n) is 1.65. The van der Waals surface area contributed by atoms with Gasteiger partial charge in [-0.3, -0.25) is 0 Å². The van der Waals surface area contributed by atoms with Crippen LogP contribution in [0.1, 0.15) is 31.6 Å². The largest absolute Gasteiger partial charge is 0.333 e. The summed E-state index contributed by atoms with van der Waals surface area (Å²) >= 11 is 0. The third-order valence-corrected chi connectivity index (χ3v) is 1.65. The van der Waals surface area contributed by atoms with Crippen molar-refractivity contribution in [3.63, 3.8) is 0 Å². The van der Waals surface area contributed by atoms with Gasteiger partial charge in [0.05, 0.1) is 5.69 Å². The van der Waals surface area contributed by atoms with Gasteiger partial charge in [0.15, 0.2) is 0 Å². The van der Waals surface area contributed by atoms with Crippen molar-refractivity contribution in [3.05, 3.63) is 18.0 Å². The maximum Gasteiger partial charge on any atom is 0.333 e. The topological polar surface area (TPSA) is 43.8 Å². The third kappa shape index (κ3) is 1.79. The molecule has 0 aliphatic rings. The van der Waals surface area contributed by atoms with Crippen LogP contribution in [0.25, 0.3) is 0 Å². The Morgan fingerprint density at radius 3 is 2.75 bits per heavy atom. The van der Waals surface area contributed by atoms with E-state index < -0.39 is 6.55 Å². The predicted octanol–water partition coefficient (Wildman–Crippen LogP) is 1.69. The SMILES string of the molecule is CC[C@@H](N)c1ccn(C(F)F)n1. The van der Waals surface area contributed by atoms with Crippen LogP contribution in [0.2, 0.25) is 0 Å². The smallest absolute Gasteiger partial charge is 0.323 e. The first-order valence-electron chi connectivity index (χ1n) is 3.74. The van der Waals surface area contributed by atoms with E-state index in [2.05, 4.69) is 5.10 Å². The normalized spacial score (nSPS) is 13.8. The zero-order valence-corrected chi connectivity index (χ0v) is 6.74. The quantitative estimate of drug-likeness (QED) is 0.759. The predicted molar refractivity (Wildman–Crippen MR) is 40.7 cm³/mol. The van der Waals surface area contributed by atoms with Gasteiger partial charge in [0.2, 0.25) is 0 Å². The van der Waals surface area contributed by atoms with E-state index in [-0.39, 0.29) is 6.04 Å². The lowest BCUT2D eigenvalue weighted by atomic mass is 10.2. The Kier molecular flexibility index (Phi) is 2.75. The van der Waals surface area contributed by atoms with Crippen molar-refractivity contribution >= 4 is 0 Å². The fraction of sp³-hybridized carbons (Fsp3) is 0.571. The molecule has 0 saturated carbocycles. The second kappa shape index (κ2) is 3.62. The van der Waals surface area contributed by atoms with Crippen molar-refractivity contribution in [2.75, 3.05) is 0 Å². The molecule has 0 aliphatic heterocycles. The lowest BCUT2D eigenvalue weighted by Gasteiger charge is -2.03. The van der Waals surface area contributed by atoms with Crippen LogP contribution in [0.4, 0.5) is 8.78 Å². The minimum atomic E-state index is -2.58. The number of aromatic nitrogens is 2. The van der Waals surface area contributed by atoms with Crippen LogP contribution in [0, 0.1) is 0 Å². The van der Waals surface area contributed by atoms with Crippen LogP contribution < -0.4 is 5.73 Å². The molecule has 5 heteroatoms. The van der Waals surface area contributed by atoms with Gasteiger partial charge in [-0.1, -0.05) is 6.92 Å². The highest BCUT2D eigenvalue weighted by Gasteiger charge is 2.10. The van der Waals surface area contributed by atoms with Gasteiger partial charge in [-0.05, 0) is 12.5 Å². The van der Waals surface area contributed by atoms with E-state index in [0.29, 0.717) is 16.8 Å². The molecule has 1 rings (SSSR count). The molecule has 1 heterocycles. The van der Waals surface area contributed by atoms with Gasteiger partial charge in [-0.15, -0.1) is 0 Å². The minimum absolute atomic E-state index is 0.245. The Labute approximate surface area is 69.2 Å². The van der Waals surface area contributed by atoms with Crippen LogP contribution in [0.5, 0.6) is 0 Å². The van der Waals surface area contributed by atoms with E-state index in [1.807, 2.05) is 6.92 Å². The summed E-state index contributed by atoms with van der Waals surface area (Å²) in [6, 6.07) is 1.27. The van der Waals surface area contributed by atoms with Crippen molar-refractivity contribution in [1.29, 1.82) is 0 Å². The summed E-state index contributed by atoms with van der Waals surface area (Å²) in [7, 11) is 0. The van der Waals surface area contributed by atoms with Gasteiger partial charge in [0.1, 0.15) is 0 Å². The monoisotopic (exact) mass is 175 g/mol. The molecule has 0 amide bonds. The standard InChI is InChI=1S/C7H11F2N3/c1-2-5(10)6-3-4-12(11-6)7(8)9/h3-5,7H,2,10H2,1H3/t5-/m1/s1. The van der Waals surface area contributed by atoms with Crippen molar-refractivity contribution in [2.45, 2.75) is 25.9 Å². The highest BCUT2D eigenvalue weighted by atomic mass is 19.3. The Morgan fingerprint density at radius 2 is 2.33 bits per heavy atom. The van der Waals surface area contributed by atoms with E-state index in [1.54, 1.807) is 0 Å². The number of hydrogen-bond acceptors (Lipinski definition) is 2. The first-order valence-corrected chi connectivity index (χ1v) is 3.74. The zero-order chi connectivity index (χ0) is 9.14. The van der Waals surface area contributed by atoms with Crippen molar-refractivity contribution in [2.24, 2.45) is 5.73 Å². The molecule has 0 fully saturated rings. The van der Waals surface area contributed by atoms with E-state index in [9.17, 15) is 8.78 Å². The molecular weight excluding hydrogens is 164 g/mol. The summed E-state index contributed by atoms with van der Waals surface area (Å²) in [5.41, 5.74) is 6.10. The minimum Gasteiger partial charge on any atom is -0.323 e. The molecule has 0 bridgehead atoms. The summed E-state index contributed by atoms with van der Waals surface area (Å²) in [5, 5.41) is 3.62. The van der Waals surface area contributed by atoms with Gasteiger partial charge in [0.25, 0.3) is 0 Å². The molecule has 0 unspecified atom stereocenters. The first-order chi connectivity index (χ1) is 5.65. The molecule has 2 N–H and O–H groups in total. The summed E-state index contributed by atoms with van der Waals surface area (Å²) in [6.07, 6.45) is 1.93. The molecule has 1 aromatic rings. The van der Waals surface area contributed by atoms with E-state index in [4.69, 9.17) is 5.73 Å². The number of halogens is 2. The molecular formula is C7H11F2N3. The van der Waals surface area contributed by atoms with Gasteiger partial charge in [-0.2, -0.15) is 13.9 Å². The second-order valence-electron chi connectivity index (χ2n) is 2.51. The van der Waals surface area contributed by atoms with Crippen LogP contribution in [0.3, 0.4) is 0 Å². The van der Waals surface area contributed by atoms with Crippen molar-refractivity contribution in [1.82, 2.24) is 9.78 Å². The fourth-order valence-electron chi connectivity index (χ4n) is 0.868. The highest BCUT2D eigenvalue weighted by Crippen LogP contribution is 2.14. The fourth-order valence-corrected chi connectivity index (χ4v) is 0.868. The maximum atomic E-state index is 12.0. The Hall–Kier alpha value is -0.970. The molecule has 1 aromatic heterocycles. The Morgan fingerprint density at radius 1 is 1.67 bits per heavy atom. The first kappa shape index (κ1) is 9.12. The van der Waals surface area contributed by atoms with Gasteiger partial charge in [0, 0.05) is 12.2 Å². The molecule has 68 valence electrons. The summed E-state index contributed by atoms with van der Waals surface area (Å²) in [6.45, 7) is -0.700. The molecule has 0 saturated heterocycles. The van der Waals surface area contributed by atoms with E-state index >= 15 is 0 Å². The summed E-state index contributed by atoms with van der Waals surface area (Å²) < 4.78 is 24.6. The second-order valence-corrected chi connectivity index (χ2v) is 2.51. The average Bonchev–Trinajstić information content (AvgIpc) is 2.51. The number of nitrogens with two attached hydrogens (primary N) is 1. The lowest BCUT2D eigenvalue weighted by molar-refractivity contribution is 0.0560. The van der Waals surface area contributed by atoms with Gasteiger partial charge >= 0.3 is 6.55 Å². The van der Waals surface area contributed by atoms with Gasteiger partial charge in [-0.25, -0.2) is 4.68 Å². The van der Waals surface area contributed by atoms with Crippen molar-refractivity contribution in [3.8, 4) is 0 Å². The zero-order valence-electron chi connectivity index (χ0n) is 6.74. The summed E-state index contributed by atoms with van der Waals surface area (Å²) in [4.78, 5) is 0. The number of nitrogens with zero attached hydrogens (tertiary/aromatic N) is 2. The summed E-state index contributed by atoms with van der Waals surface area (Å²) in [5.74, 6) is 0. The number of hydrogen-bond donors (Lipinski definition) is 1. The van der Waals surface area contributed by atoms with Crippen LogP contribution in [-0.4, -0.2) is 9.78 Å². The van der Waals surface area contributed by atoms with E-state index in [0.717, 1.165) is 0 Å². The highest BCUT2D eigenvalue weighted by molar-refractivity contribution is 5.04. The van der Waals surface area contributed by atoms with Crippen LogP contribution in [-0.2, 0) is 0 Å². The van der Waals surface area contributed by atoms with Crippen LogP contribution >= 0.6 is 0 Å². The average molecular weight is 175 g/mol. The van der Waals surface area contributed by atoms with Crippen molar-refractivity contribution < 1.29 is 8.78 Å². The molecule has 0 radical (unpaired) electrons. The Bertz CT molecular complexity index is 247.